The first-order valence-corrected chi connectivity index (χ1v) is 8.61. The van der Waals surface area contributed by atoms with Crippen molar-refractivity contribution in [3.63, 3.8) is 0 Å². The second kappa shape index (κ2) is 7.81. The molecule has 25 heavy (non-hydrogen) atoms. The van der Waals surface area contributed by atoms with Gasteiger partial charge in [0.15, 0.2) is 10.8 Å². The molecule has 0 bridgehead atoms. The molecule has 6 heteroatoms. The number of ketones is 1. The van der Waals surface area contributed by atoms with Gasteiger partial charge in [0.25, 0.3) is 5.56 Å². The summed E-state index contributed by atoms with van der Waals surface area (Å²) in [5.41, 5.74) is 1.09. The van der Waals surface area contributed by atoms with Gasteiger partial charge in [-0.1, -0.05) is 42.1 Å². The summed E-state index contributed by atoms with van der Waals surface area (Å²) in [6.45, 7) is 0. The van der Waals surface area contributed by atoms with E-state index < -0.39 is 0 Å². The van der Waals surface area contributed by atoms with Gasteiger partial charge < -0.3 is 4.74 Å². The van der Waals surface area contributed by atoms with Crippen molar-refractivity contribution in [2.45, 2.75) is 5.03 Å². The fourth-order valence-corrected chi connectivity index (χ4v) is 3.07. The number of rotatable bonds is 6. The number of carbonyl (C=O) groups excluding carboxylic acids is 1. The zero-order valence-corrected chi connectivity index (χ0v) is 14.4. The van der Waals surface area contributed by atoms with Gasteiger partial charge in [0, 0.05) is 23.6 Å². The lowest BCUT2D eigenvalue weighted by molar-refractivity contribution is 0.102. The highest BCUT2D eigenvalue weighted by Gasteiger charge is 2.11. The normalized spacial score (nSPS) is 10.4. The number of nitrogens with zero attached hydrogens (tertiary/aromatic N) is 2. The fourth-order valence-electron chi connectivity index (χ4n) is 2.28. The van der Waals surface area contributed by atoms with Crippen LogP contribution in [-0.2, 0) is 0 Å². The zero-order valence-electron chi connectivity index (χ0n) is 13.6. The summed E-state index contributed by atoms with van der Waals surface area (Å²) in [4.78, 5) is 28.9. The Hall–Kier alpha value is -2.86. The third-order valence-corrected chi connectivity index (χ3v) is 4.56. The SMILES string of the molecule is COc1ccc(-n2ccnc(SCC(=O)c3ccccc3)c2=O)cc1. The van der Waals surface area contributed by atoms with Crippen molar-refractivity contribution in [3.05, 3.63) is 82.9 Å². The largest absolute Gasteiger partial charge is 0.497 e. The Labute approximate surface area is 149 Å². The third-order valence-electron chi connectivity index (χ3n) is 3.60. The van der Waals surface area contributed by atoms with Gasteiger partial charge in [-0.25, -0.2) is 4.98 Å². The molecule has 0 spiro atoms. The highest BCUT2D eigenvalue weighted by molar-refractivity contribution is 7.99. The number of ether oxygens (including phenoxy) is 1. The van der Waals surface area contributed by atoms with Gasteiger partial charge in [0.1, 0.15) is 5.75 Å². The van der Waals surface area contributed by atoms with Crippen LogP contribution in [0.5, 0.6) is 5.75 Å². The molecule has 0 unspecified atom stereocenters. The molecule has 3 rings (SSSR count). The Balaban J connectivity index is 1.79. The van der Waals surface area contributed by atoms with Crippen molar-refractivity contribution in [2.75, 3.05) is 12.9 Å². The molecule has 0 aliphatic carbocycles. The van der Waals surface area contributed by atoms with Crippen molar-refractivity contribution in [3.8, 4) is 11.4 Å². The minimum Gasteiger partial charge on any atom is -0.497 e. The molecule has 1 heterocycles. The van der Waals surface area contributed by atoms with Crippen LogP contribution in [0, 0.1) is 0 Å². The van der Waals surface area contributed by atoms with Crippen LogP contribution in [0.3, 0.4) is 0 Å². The first-order valence-electron chi connectivity index (χ1n) is 7.62. The summed E-state index contributed by atoms with van der Waals surface area (Å²) < 4.78 is 6.63. The van der Waals surface area contributed by atoms with E-state index in [1.807, 2.05) is 18.2 Å². The number of methoxy groups -OCH3 is 1. The molecule has 0 aliphatic heterocycles. The van der Waals surface area contributed by atoms with Crippen LogP contribution in [-0.4, -0.2) is 28.2 Å². The molecule has 0 fully saturated rings. The van der Waals surface area contributed by atoms with Crippen LogP contribution in [0.1, 0.15) is 10.4 Å². The van der Waals surface area contributed by atoms with E-state index in [0.29, 0.717) is 22.0 Å². The van der Waals surface area contributed by atoms with Gasteiger partial charge >= 0.3 is 0 Å². The molecule has 0 amide bonds. The van der Waals surface area contributed by atoms with Crippen LogP contribution < -0.4 is 10.3 Å². The lowest BCUT2D eigenvalue weighted by atomic mass is 10.2. The number of hydrogen-bond donors (Lipinski definition) is 0. The minimum atomic E-state index is -0.251. The van der Waals surface area contributed by atoms with E-state index >= 15 is 0 Å². The van der Waals surface area contributed by atoms with E-state index in [0.717, 1.165) is 11.8 Å². The average molecular weight is 352 g/mol. The van der Waals surface area contributed by atoms with Crippen molar-refractivity contribution in [1.29, 1.82) is 0 Å². The van der Waals surface area contributed by atoms with Crippen LogP contribution in [0.4, 0.5) is 0 Å². The topological polar surface area (TPSA) is 61.2 Å². The molecule has 0 radical (unpaired) electrons. The highest BCUT2D eigenvalue weighted by atomic mass is 32.2. The van der Waals surface area contributed by atoms with Crippen molar-refractivity contribution in [1.82, 2.24) is 9.55 Å². The predicted octanol–water partition coefficient (Wildman–Crippen LogP) is 3.22. The Morgan fingerprint density at radius 2 is 1.84 bits per heavy atom. The number of aromatic nitrogens is 2. The lowest BCUT2D eigenvalue weighted by Crippen LogP contribution is -2.21. The van der Waals surface area contributed by atoms with E-state index in [-0.39, 0.29) is 17.1 Å². The van der Waals surface area contributed by atoms with Gasteiger partial charge in [-0.05, 0) is 24.3 Å². The molecule has 0 saturated heterocycles. The third kappa shape index (κ3) is 3.97. The molecule has 2 aromatic carbocycles. The van der Waals surface area contributed by atoms with E-state index in [1.54, 1.807) is 55.9 Å². The molecule has 0 N–H and O–H groups in total. The first kappa shape index (κ1) is 17.0. The summed E-state index contributed by atoms with van der Waals surface area (Å²) in [7, 11) is 1.59. The maximum absolute atomic E-state index is 12.6. The van der Waals surface area contributed by atoms with Gasteiger partial charge in [0.05, 0.1) is 12.9 Å². The lowest BCUT2D eigenvalue weighted by Gasteiger charge is -2.08. The molecule has 0 aliphatic rings. The van der Waals surface area contributed by atoms with Crippen LogP contribution in [0.25, 0.3) is 5.69 Å². The Kier molecular flexibility index (Phi) is 5.30. The second-order valence-corrected chi connectivity index (χ2v) is 6.15. The molecular formula is C19H16N2O3S. The first-order chi connectivity index (χ1) is 12.2. The van der Waals surface area contributed by atoms with E-state index in [1.165, 1.54) is 4.57 Å². The summed E-state index contributed by atoms with van der Waals surface area (Å²) in [5.74, 6) is 0.847. The van der Waals surface area contributed by atoms with E-state index in [9.17, 15) is 9.59 Å². The summed E-state index contributed by atoms with van der Waals surface area (Å²) in [5, 5.41) is 0.294. The molecular weight excluding hydrogens is 336 g/mol. The summed E-state index contributed by atoms with van der Waals surface area (Å²) >= 11 is 1.15. The fraction of sp³-hybridized carbons (Fsp3) is 0.105. The van der Waals surface area contributed by atoms with Gasteiger partial charge in [-0.2, -0.15) is 0 Å². The van der Waals surface area contributed by atoms with Gasteiger partial charge in [-0.15, -0.1) is 0 Å². The second-order valence-electron chi connectivity index (χ2n) is 5.18. The number of carbonyl (C=O) groups is 1. The molecule has 3 aromatic rings. The van der Waals surface area contributed by atoms with E-state index in [2.05, 4.69) is 4.98 Å². The summed E-state index contributed by atoms with van der Waals surface area (Å²) in [6, 6.07) is 16.2. The monoisotopic (exact) mass is 352 g/mol. The average Bonchev–Trinajstić information content (AvgIpc) is 2.68. The molecule has 126 valence electrons. The number of hydrogen-bond acceptors (Lipinski definition) is 5. The predicted molar refractivity (Wildman–Crippen MR) is 97.9 cm³/mol. The number of thioether (sulfide) groups is 1. The maximum Gasteiger partial charge on any atom is 0.287 e. The van der Waals surface area contributed by atoms with Crippen molar-refractivity contribution >= 4 is 17.5 Å². The Bertz CT molecular complexity index is 921. The molecule has 5 nitrogen and oxygen atoms in total. The quantitative estimate of drug-likeness (QED) is 0.503. The molecule has 0 atom stereocenters. The number of Topliss-reactive ketones (excluding diaryl/α,β-unsaturated/α-hetero) is 1. The Morgan fingerprint density at radius 3 is 2.52 bits per heavy atom. The summed E-state index contributed by atoms with van der Waals surface area (Å²) in [6.07, 6.45) is 3.16. The van der Waals surface area contributed by atoms with Crippen molar-refractivity contribution < 1.29 is 9.53 Å². The van der Waals surface area contributed by atoms with Crippen LogP contribution >= 0.6 is 11.8 Å². The maximum atomic E-state index is 12.6. The van der Waals surface area contributed by atoms with Crippen LogP contribution in [0.15, 0.2) is 76.8 Å². The van der Waals surface area contributed by atoms with Crippen LogP contribution in [0.2, 0.25) is 0 Å². The zero-order chi connectivity index (χ0) is 17.6. The molecule has 0 saturated carbocycles. The van der Waals surface area contributed by atoms with Gasteiger partial charge in [0.2, 0.25) is 0 Å². The van der Waals surface area contributed by atoms with Gasteiger partial charge in [-0.3, -0.25) is 14.2 Å². The Morgan fingerprint density at radius 1 is 1.12 bits per heavy atom. The smallest absolute Gasteiger partial charge is 0.287 e. The van der Waals surface area contributed by atoms with E-state index in [4.69, 9.17) is 4.74 Å². The minimum absolute atomic E-state index is 0.0355. The standard InChI is InChI=1S/C19H16N2O3S/c1-24-16-9-7-15(8-10-16)21-12-11-20-18(19(21)23)25-13-17(22)14-5-3-2-4-6-14/h2-12H,13H2,1H3. The highest BCUT2D eigenvalue weighted by Crippen LogP contribution is 2.16. The van der Waals surface area contributed by atoms with Crippen molar-refractivity contribution in [2.24, 2.45) is 0 Å². The number of benzene rings is 2. The molecule has 1 aromatic heterocycles.